The standard InChI is InChI=1S/C27H26N4O3S/c1-17-27(25(32)31(30-17)20-7-5-4-6-8-20)23(18-9-13-21(33-2)14-10-18)28-26(35)29-24(27)19-11-15-22(34-3)16-12-19/h4-16,23-24H,1-3H3,(H2,28,29,35)/t23-,24+,27?. The van der Waals surface area contributed by atoms with Crippen LogP contribution in [-0.4, -0.2) is 31.0 Å². The van der Waals surface area contributed by atoms with Gasteiger partial charge in [-0.05, 0) is 66.7 Å². The molecule has 0 aromatic heterocycles. The molecule has 5 rings (SSSR count). The predicted octanol–water partition coefficient (Wildman–Crippen LogP) is 4.37. The van der Waals surface area contributed by atoms with E-state index in [1.165, 1.54) is 5.01 Å². The van der Waals surface area contributed by atoms with Gasteiger partial charge in [0.25, 0.3) is 5.91 Å². The van der Waals surface area contributed by atoms with Gasteiger partial charge in [-0.3, -0.25) is 4.79 Å². The summed E-state index contributed by atoms with van der Waals surface area (Å²) in [6, 6.07) is 23.9. The topological polar surface area (TPSA) is 75.2 Å². The highest BCUT2D eigenvalue weighted by Crippen LogP contribution is 2.52. The Balaban J connectivity index is 1.69. The van der Waals surface area contributed by atoms with Crippen LogP contribution in [0.5, 0.6) is 11.5 Å². The molecule has 2 N–H and O–H groups in total. The van der Waals surface area contributed by atoms with E-state index in [-0.39, 0.29) is 5.91 Å². The number of benzene rings is 3. The van der Waals surface area contributed by atoms with Crippen molar-refractivity contribution in [2.24, 2.45) is 10.5 Å². The number of ether oxygens (including phenoxy) is 2. The molecule has 178 valence electrons. The fourth-order valence-electron chi connectivity index (χ4n) is 5.00. The molecule has 1 saturated heterocycles. The first-order valence-electron chi connectivity index (χ1n) is 11.3. The molecule has 3 atom stereocenters. The molecule has 0 radical (unpaired) electrons. The molecule has 7 nitrogen and oxygen atoms in total. The van der Waals surface area contributed by atoms with E-state index in [1.807, 2.05) is 85.8 Å². The quantitative estimate of drug-likeness (QED) is 0.522. The van der Waals surface area contributed by atoms with Crippen LogP contribution >= 0.6 is 12.2 Å². The summed E-state index contributed by atoms with van der Waals surface area (Å²) < 4.78 is 10.7. The van der Waals surface area contributed by atoms with Gasteiger partial charge < -0.3 is 20.1 Å². The number of nitrogens with zero attached hydrogens (tertiary/aromatic N) is 2. The van der Waals surface area contributed by atoms with E-state index in [0.717, 1.165) is 22.6 Å². The summed E-state index contributed by atoms with van der Waals surface area (Å²) in [5, 5.41) is 13.5. The number of carbonyl (C=O) groups excluding carboxylic acids is 1. The third-order valence-corrected chi connectivity index (χ3v) is 6.99. The molecule has 0 bridgehead atoms. The minimum atomic E-state index is -1.08. The first-order chi connectivity index (χ1) is 17.0. The molecule has 1 spiro atoms. The minimum absolute atomic E-state index is 0.134. The molecule has 2 aliphatic rings. The fraction of sp³-hybridized carbons (Fsp3) is 0.222. The van der Waals surface area contributed by atoms with Crippen molar-refractivity contribution in [3.8, 4) is 11.5 Å². The number of para-hydroxylation sites is 1. The molecular formula is C27H26N4O3S. The second kappa shape index (κ2) is 9.03. The lowest BCUT2D eigenvalue weighted by atomic mass is 9.65. The number of hydrogen-bond acceptors (Lipinski definition) is 5. The number of rotatable bonds is 5. The molecule has 2 heterocycles. The largest absolute Gasteiger partial charge is 0.497 e. The van der Waals surface area contributed by atoms with Crippen LogP contribution in [0, 0.1) is 5.41 Å². The molecule has 0 aliphatic carbocycles. The van der Waals surface area contributed by atoms with E-state index in [4.69, 9.17) is 26.8 Å². The van der Waals surface area contributed by atoms with E-state index in [9.17, 15) is 4.79 Å². The summed E-state index contributed by atoms with van der Waals surface area (Å²) in [7, 11) is 3.26. The van der Waals surface area contributed by atoms with Gasteiger partial charge in [0.2, 0.25) is 0 Å². The monoisotopic (exact) mass is 486 g/mol. The van der Waals surface area contributed by atoms with Crippen LogP contribution in [0.1, 0.15) is 30.1 Å². The van der Waals surface area contributed by atoms with Gasteiger partial charge in [0, 0.05) is 0 Å². The van der Waals surface area contributed by atoms with E-state index >= 15 is 0 Å². The van der Waals surface area contributed by atoms with E-state index < -0.39 is 17.5 Å². The maximum absolute atomic E-state index is 14.5. The lowest BCUT2D eigenvalue weighted by Gasteiger charge is -2.47. The SMILES string of the molecule is COc1ccc([C@H]2NC(=S)N[C@@H](c3ccc(OC)cc3)C23C(=O)N(c2ccccc2)N=C3C)cc1. The summed E-state index contributed by atoms with van der Waals surface area (Å²) in [5.41, 5.74) is 2.14. The van der Waals surface area contributed by atoms with Crippen molar-refractivity contribution in [1.29, 1.82) is 0 Å². The van der Waals surface area contributed by atoms with Crippen LogP contribution < -0.4 is 25.1 Å². The Bertz CT molecular complexity index is 1220. The maximum Gasteiger partial charge on any atom is 0.264 e. The van der Waals surface area contributed by atoms with E-state index in [0.29, 0.717) is 16.5 Å². The number of carbonyl (C=O) groups is 1. The highest BCUT2D eigenvalue weighted by atomic mass is 32.1. The Kier molecular flexibility index (Phi) is 5.90. The van der Waals surface area contributed by atoms with Crippen molar-refractivity contribution in [2.45, 2.75) is 19.0 Å². The van der Waals surface area contributed by atoms with Crippen molar-refractivity contribution < 1.29 is 14.3 Å². The number of amides is 1. The molecule has 1 unspecified atom stereocenters. The minimum Gasteiger partial charge on any atom is -0.497 e. The van der Waals surface area contributed by atoms with Crippen molar-refractivity contribution >= 4 is 34.6 Å². The Morgan fingerprint density at radius 1 is 0.829 bits per heavy atom. The van der Waals surface area contributed by atoms with Gasteiger partial charge in [-0.25, -0.2) is 0 Å². The third-order valence-electron chi connectivity index (χ3n) is 6.76. The number of hydrogen-bond donors (Lipinski definition) is 2. The zero-order valence-electron chi connectivity index (χ0n) is 19.7. The zero-order valence-corrected chi connectivity index (χ0v) is 20.5. The Labute approximate surface area is 209 Å². The highest BCUT2D eigenvalue weighted by Gasteiger charge is 2.62. The third kappa shape index (κ3) is 3.70. The lowest BCUT2D eigenvalue weighted by Crippen LogP contribution is -2.63. The summed E-state index contributed by atoms with van der Waals surface area (Å²) >= 11 is 5.64. The average molecular weight is 487 g/mol. The number of nitrogens with one attached hydrogen (secondary N) is 2. The molecule has 35 heavy (non-hydrogen) atoms. The van der Waals surface area contributed by atoms with Crippen molar-refractivity contribution in [3.63, 3.8) is 0 Å². The molecule has 3 aromatic carbocycles. The van der Waals surface area contributed by atoms with Crippen LogP contribution in [0.25, 0.3) is 0 Å². The van der Waals surface area contributed by atoms with Gasteiger partial charge >= 0.3 is 0 Å². The van der Waals surface area contributed by atoms with Crippen molar-refractivity contribution in [1.82, 2.24) is 10.6 Å². The zero-order chi connectivity index (χ0) is 24.6. The van der Waals surface area contributed by atoms with Crippen LogP contribution in [-0.2, 0) is 4.79 Å². The van der Waals surface area contributed by atoms with Gasteiger partial charge in [-0.2, -0.15) is 10.1 Å². The van der Waals surface area contributed by atoms with E-state index in [2.05, 4.69) is 10.6 Å². The summed E-state index contributed by atoms with van der Waals surface area (Å²) in [6.07, 6.45) is 0. The maximum atomic E-state index is 14.5. The Morgan fingerprint density at radius 3 is 1.77 bits per heavy atom. The fourth-order valence-corrected chi connectivity index (χ4v) is 5.24. The van der Waals surface area contributed by atoms with Crippen LogP contribution in [0.3, 0.4) is 0 Å². The number of thiocarbonyl (C=S) groups is 1. The number of anilines is 1. The van der Waals surface area contributed by atoms with Crippen molar-refractivity contribution in [2.75, 3.05) is 19.2 Å². The lowest BCUT2D eigenvalue weighted by molar-refractivity contribution is -0.126. The van der Waals surface area contributed by atoms with Crippen molar-refractivity contribution in [3.05, 3.63) is 90.0 Å². The van der Waals surface area contributed by atoms with Gasteiger partial charge in [-0.15, -0.1) is 0 Å². The molecule has 8 heteroatoms. The molecule has 1 fully saturated rings. The first kappa shape index (κ1) is 22.9. The molecule has 1 amide bonds. The molecule has 0 saturated carbocycles. The summed E-state index contributed by atoms with van der Waals surface area (Å²) in [5.74, 6) is 1.34. The second-order valence-electron chi connectivity index (χ2n) is 8.54. The van der Waals surface area contributed by atoms with Gasteiger partial charge in [-0.1, -0.05) is 42.5 Å². The average Bonchev–Trinajstić information content (AvgIpc) is 3.16. The van der Waals surface area contributed by atoms with Crippen LogP contribution in [0.15, 0.2) is 84.0 Å². The van der Waals surface area contributed by atoms with Crippen LogP contribution in [0.2, 0.25) is 0 Å². The first-order valence-corrected chi connectivity index (χ1v) is 11.7. The normalized spacial score (nSPS) is 23.5. The Morgan fingerprint density at radius 2 is 1.31 bits per heavy atom. The molecular weight excluding hydrogens is 460 g/mol. The smallest absolute Gasteiger partial charge is 0.264 e. The van der Waals surface area contributed by atoms with Gasteiger partial charge in [0.05, 0.1) is 37.7 Å². The summed E-state index contributed by atoms with van der Waals surface area (Å²) in [6.45, 7) is 1.91. The molecule has 3 aromatic rings. The predicted molar refractivity (Wildman–Crippen MR) is 140 cm³/mol. The molecule has 2 aliphatic heterocycles. The van der Waals surface area contributed by atoms with Gasteiger partial charge in [0.1, 0.15) is 16.9 Å². The number of methoxy groups -OCH3 is 2. The highest BCUT2D eigenvalue weighted by molar-refractivity contribution is 7.80. The second-order valence-corrected chi connectivity index (χ2v) is 8.95. The summed E-state index contributed by atoms with van der Waals surface area (Å²) in [4.78, 5) is 14.5. The van der Waals surface area contributed by atoms with E-state index in [1.54, 1.807) is 14.2 Å². The van der Waals surface area contributed by atoms with Gasteiger partial charge in [0.15, 0.2) is 5.11 Å². The van der Waals surface area contributed by atoms with Crippen LogP contribution in [0.4, 0.5) is 5.69 Å². The Hall–Kier alpha value is -3.91. The number of hydrazone groups is 1.